The van der Waals surface area contributed by atoms with E-state index < -0.39 is 0 Å². The van der Waals surface area contributed by atoms with Gasteiger partial charge in [0.05, 0.1) is 6.10 Å². The maximum absolute atomic E-state index is 9.81. The van der Waals surface area contributed by atoms with Gasteiger partial charge in [-0.2, -0.15) is 0 Å². The molecule has 82 valence electrons. The Kier molecular flexibility index (Phi) is 3.54. The second kappa shape index (κ2) is 4.90. The van der Waals surface area contributed by atoms with Crippen molar-refractivity contribution >= 4 is 11.8 Å². The van der Waals surface area contributed by atoms with Crippen LogP contribution < -0.4 is 0 Å². The number of hydrogen-bond acceptors (Lipinski definition) is 3. The first-order valence-corrected chi connectivity index (χ1v) is 6.27. The van der Waals surface area contributed by atoms with E-state index in [1.165, 1.54) is 6.42 Å². The maximum Gasteiger partial charge on any atom is 0.115 e. The molecular weight excluding hydrogens is 208 g/mol. The van der Waals surface area contributed by atoms with Gasteiger partial charge in [-0.1, -0.05) is 12.8 Å². The number of aliphatic hydroxyl groups excluding tert-OH is 1. The second-order valence-corrected chi connectivity index (χ2v) is 5.31. The largest absolute Gasteiger partial charge is 0.508 e. The van der Waals surface area contributed by atoms with Crippen LogP contribution in [-0.2, 0) is 0 Å². The van der Waals surface area contributed by atoms with E-state index in [-0.39, 0.29) is 6.10 Å². The molecule has 3 heteroatoms. The third-order valence-corrected chi connectivity index (χ3v) is 4.19. The van der Waals surface area contributed by atoms with Gasteiger partial charge in [-0.25, -0.2) is 0 Å². The molecule has 0 aliphatic heterocycles. The van der Waals surface area contributed by atoms with E-state index in [0.717, 1.165) is 24.2 Å². The lowest BCUT2D eigenvalue weighted by Crippen LogP contribution is -2.26. The molecule has 15 heavy (non-hydrogen) atoms. The highest BCUT2D eigenvalue weighted by atomic mass is 32.2. The molecule has 1 saturated carbocycles. The molecule has 2 atom stereocenters. The highest BCUT2D eigenvalue weighted by molar-refractivity contribution is 8.00. The van der Waals surface area contributed by atoms with Crippen LogP contribution >= 0.6 is 11.8 Å². The van der Waals surface area contributed by atoms with Crippen LogP contribution in [-0.4, -0.2) is 21.6 Å². The number of rotatable bonds is 2. The number of phenolic OH excluding ortho intramolecular Hbond substituents is 1. The molecule has 2 rings (SSSR count). The van der Waals surface area contributed by atoms with Gasteiger partial charge in [0.1, 0.15) is 5.75 Å². The van der Waals surface area contributed by atoms with Crippen molar-refractivity contribution in [3.63, 3.8) is 0 Å². The van der Waals surface area contributed by atoms with Gasteiger partial charge in [0.15, 0.2) is 0 Å². The third-order valence-electron chi connectivity index (χ3n) is 2.79. The average Bonchev–Trinajstić information content (AvgIpc) is 2.25. The topological polar surface area (TPSA) is 40.5 Å². The fourth-order valence-electron chi connectivity index (χ4n) is 1.91. The monoisotopic (exact) mass is 224 g/mol. The molecule has 2 nitrogen and oxygen atoms in total. The van der Waals surface area contributed by atoms with Gasteiger partial charge in [0.25, 0.3) is 0 Å². The smallest absolute Gasteiger partial charge is 0.115 e. The van der Waals surface area contributed by atoms with Gasteiger partial charge >= 0.3 is 0 Å². The lowest BCUT2D eigenvalue weighted by atomic mass is 9.97. The van der Waals surface area contributed by atoms with E-state index in [4.69, 9.17) is 5.11 Å². The zero-order chi connectivity index (χ0) is 10.7. The minimum atomic E-state index is -0.169. The molecule has 0 spiro atoms. The van der Waals surface area contributed by atoms with E-state index in [9.17, 15) is 5.11 Å². The normalized spacial score (nSPS) is 26.5. The predicted molar refractivity (Wildman–Crippen MR) is 62.2 cm³/mol. The van der Waals surface area contributed by atoms with Gasteiger partial charge in [-0.05, 0) is 37.1 Å². The summed E-state index contributed by atoms with van der Waals surface area (Å²) in [6.45, 7) is 0. The minimum absolute atomic E-state index is 0.169. The van der Waals surface area contributed by atoms with Crippen LogP contribution in [0, 0.1) is 0 Å². The van der Waals surface area contributed by atoms with Crippen molar-refractivity contribution in [3.8, 4) is 5.75 Å². The number of aromatic hydroxyl groups is 1. The minimum Gasteiger partial charge on any atom is -0.508 e. The molecular formula is C12H16O2S. The van der Waals surface area contributed by atoms with Crippen molar-refractivity contribution in [1.29, 1.82) is 0 Å². The number of benzene rings is 1. The fraction of sp³-hybridized carbons (Fsp3) is 0.500. The van der Waals surface area contributed by atoms with E-state index in [2.05, 4.69) is 0 Å². The van der Waals surface area contributed by atoms with E-state index in [0.29, 0.717) is 11.0 Å². The number of phenols is 1. The molecule has 1 aliphatic rings. The van der Waals surface area contributed by atoms with Crippen LogP contribution in [0.4, 0.5) is 0 Å². The molecule has 2 unspecified atom stereocenters. The van der Waals surface area contributed by atoms with Crippen molar-refractivity contribution in [2.45, 2.75) is 41.9 Å². The summed E-state index contributed by atoms with van der Waals surface area (Å²) in [5, 5.41) is 19.3. The number of hydrogen-bond donors (Lipinski definition) is 2. The van der Waals surface area contributed by atoms with Crippen molar-refractivity contribution in [3.05, 3.63) is 24.3 Å². The predicted octanol–water partition coefficient (Wildman–Crippen LogP) is 2.79. The molecule has 1 aliphatic carbocycles. The van der Waals surface area contributed by atoms with Crippen LogP contribution in [0.1, 0.15) is 25.7 Å². The summed E-state index contributed by atoms with van der Waals surface area (Å²) in [7, 11) is 0. The summed E-state index contributed by atoms with van der Waals surface area (Å²) in [6, 6.07) is 7.19. The Hall–Kier alpha value is -0.670. The Morgan fingerprint density at radius 3 is 2.40 bits per heavy atom. The van der Waals surface area contributed by atoms with Crippen LogP contribution in [0.5, 0.6) is 5.75 Å². The molecule has 0 heterocycles. The summed E-state index contributed by atoms with van der Waals surface area (Å²) in [5.74, 6) is 0.295. The second-order valence-electron chi connectivity index (χ2n) is 4.00. The van der Waals surface area contributed by atoms with Crippen LogP contribution in [0.2, 0.25) is 0 Å². The summed E-state index contributed by atoms with van der Waals surface area (Å²) in [6.07, 6.45) is 4.21. The van der Waals surface area contributed by atoms with Gasteiger partial charge in [-0.3, -0.25) is 0 Å². The SMILES string of the molecule is Oc1ccc(SC2CCCCC2O)cc1. The van der Waals surface area contributed by atoms with Gasteiger partial charge < -0.3 is 10.2 Å². The number of thioether (sulfide) groups is 1. The molecule has 1 aromatic rings. The van der Waals surface area contributed by atoms with Crippen molar-refractivity contribution in [2.75, 3.05) is 0 Å². The lowest BCUT2D eigenvalue weighted by molar-refractivity contribution is 0.137. The van der Waals surface area contributed by atoms with Crippen molar-refractivity contribution in [2.24, 2.45) is 0 Å². The van der Waals surface area contributed by atoms with E-state index in [1.54, 1.807) is 23.9 Å². The molecule has 0 saturated heterocycles. The Morgan fingerprint density at radius 1 is 1.07 bits per heavy atom. The quantitative estimate of drug-likeness (QED) is 0.811. The Labute approximate surface area is 94.3 Å². The van der Waals surface area contributed by atoms with Crippen molar-refractivity contribution in [1.82, 2.24) is 0 Å². The molecule has 0 radical (unpaired) electrons. The fourth-order valence-corrected chi connectivity index (χ4v) is 3.13. The zero-order valence-corrected chi connectivity index (χ0v) is 9.41. The van der Waals surface area contributed by atoms with Gasteiger partial charge in [0.2, 0.25) is 0 Å². The molecule has 1 aromatic carbocycles. The first kappa shape index (κ1) is 10.8. The first-order valence-electron chi connectivity index (χ1n) is 5.39. The third kappa shape index (κ3) is 2.89. The molecule has 0 aromatic heterocycles. The molecule has 0 bridgehead atoms. The van der Waals surface area contributed by atoms with E-state index >= 15 is 0 Å². The standard InChI is InChI=1S/C12H16O2S/c13-9-5-7-10(8-6-9)15-12-4-2-1-3-11(12)14/h5-8,11-14H,1-4H2. The van der Waals surface area contributed by atoms with Crippen LogP contribution in [0.15, 0.2) is 29.2 Å². The summed E-state index contributed by atoms with van der Waals surface area (Å²) < 4.78 is 0. The maximum atomic E-state index is 9.81. The van der Waals surface area contributed by atoms with Crippen molar-refractivity contribution < 1.29 is 10.2 Å². The Balaban J connectivity index is 1.98. The molecule has 2 N–H and O–H groups in total. The Morgan fingerprint density at radius 2 is 1.73 bits per heavy atom. The zero-order valence-electron chi connectivity index (χ0n) is 8.60. The average molecular weight is 224 g/mol. The summed E-state index contributed by atoms with van der Waals surface area (Å²) >= 11 is 1.72. The van der Waals surface area contributed by atoms with Gasteiger partial charge in [-0.15, -0.1) is 11.8 Å². The molecule has 0 amide bonds. The lowest BCUT2D eigenvalue weighted by Gasteiger charge is -2.26. The Bertz CT molecular complexity index is 310. The van der Waals surface area contributed by atoms with Crippen LogP contribution in [0.3, 0.4) is 0 Å². The highest BCUT2D eigenvalue weighted by Gasteiger charge is 2.23. The number of aliphatic hydroxyl groups is 1. The molecule has 1 fully saturated rings. The highest BCUT2D eigenvalue weighted by Crippen LogP contribution is 2.34. The van der Waals surface area contributed by atoms with Crippen LogP contribution in [0.25, 0.3) is 0 Å². The summed E-state index contributed by atoms with van der Waals surface area (Å²) in [4.78, 5) is 1.12. The first-order chi connectivity index (χ1) is 7.25. The van der Waals surface area contributed by atoms with Gasteiger partial charge in [0, 0.05) is 10.1 Å². The van der Waals surface area contributed by atoms with E-state index in [1.807, 2.05) is 12.1 Å². The summed E-state index contributed by atoms with van der Waals surface area (Å²) in [5.41, 5.74) is 0.